The van der Waals surface area contributed by atoms with Gasteiger partial charge in [-0.3, -0.25) is 33.6 Å². The van der Waals surface area contributed by atoms with Gasteiger partial charge >= 0.3 is 5.97 Å². The van der Waals surface area contributed by atoms with Crippen molar-refractivity contribution in [3.05, 3.63) is 35.9 Å². The molecule has 1 rings (SSSR count). The molecular formula is C38H62N8O10S. The average Bonchev–Trinajstić information content (AvgIpc) is 3.14. The van der Waals surface area contributed by atoms with Crippen LogP contribution in [0.1, 0.15) is 66.4 Å². The van der Waals surface area contributed by atoms with E-state index in [1.165, 1.54) is 11.8 Å². The number of hydrogen-bond donors (Lipinski definition) is 10. The molecule has 0 unspecified atom stereocenters. The number of thioether (sulfide) groups is 1. The van der Waals surface area contributed by atoms with Gasteiger partial charge in [-0.15, -0.1) is 0 Å². The molecule has 0 aliphatic rings. The Bertz CT molecular complexity index is 1500. The molecule has 320 valence electrons. The number of amides is 7. The maximum atomic E-state index is 13.4. The topological polar surface area (TPSA) is 287 Å². The molecule has 0 heterocycles. The first-order chi connectivity index (χ1) is 26.8. The van der Waals surface area contributed by atoms with Crippen molar-refractivity contribution in [2.75, 3.05) is 31.7 Å². The van der Waals surface area contributed by atoms with Crippen LogP contribution in [0.2, 0.25) is 0 Å². The van der Waals surface area contributed by atoms with Crippen molar-refractivity contribution in [2.45, 2.75) is 103 Å². The fourth-order valence-electron chi connectivity index (χ4n) is 5.45. The summed E-state index contributed by atoms with van der Waals surface area (Å²) in [5.41, 5.74) is 6.82. The van der Waals surface area contributed by atoms with E-state index < -0.39 is 109 Å². The maximum absolute atomic E-state index is 13.4. The summed E-state index contributed by atoms with van der Waals surface area (Å²) < 4.78 is 0. The first-order valence-electron chi connectivity index (χ1n) is 19.0. The van der Waals surface area contributed by atoms with Crippen molar-refractivity contribution < 1.29 is 48.6 Å². The molecule has 57 heavy (non-hydrogen) atoms. The molecule has 0 saturated carbocycles. The third-order valence-electron chi connectivity index (χ3n) is 8.49. The zero-order valence-corrected chi connectivity index (χ0v) is 34.7. The Hall–Kier alpha value is -4.75. The highest BCUT2D eigenvalue weighted by Crippen LogP contribution is 2.10. The van der Waals surface area contributed by atoms with E-state index in [1.54, 1.807) is 44.4 Å². The smallest absolute Gasteiger partial charge is 0.326 e. The minimum Gasteiger partial charge on any atom is -0.480 e. The molecule has 0 aliphatic heterocycles. The molecule has 0 aromatic heterocycles. The van der Waals surface area contributed by atoms with E-state index in [-0.39, 0.29) is 37.5 Å². The van der Waals surface area contributed by atoms with Crippen LogP contribution < -0.4 is 43.0 Å². The zero-order valence-electron chi connectivity index (χ0n) is 33.9. The van der Waals surface area contributed by atoms with Gasteiger partial charge in [-0.05, 0) is 61.0 Å². The number of carboxylic acid groups (broad SMARTS) is 1. The predicted molar refractivity (Wildman–Crippen MR) is 215 cm³/mol. The van der Waals surface area contributed by atoms with Crippen molar-refractivity contribution in [3.8, 4) is 0 Å². The van der Waals surface area contributed by atoms with Gasteiger partial charge in [0.1, 0.15) is 30.2 Å². The van der Waals surface area contributed by atoms with Crippen LogP contribution in [-0.2, 0) is 44.8 Å². The molecule has 19 heteroatoms. The highest BCUT2D eigenvalue weighted by molar-refractivity contribution is 7.98. The molecular weight excluding hydrogens is 761 g/mol. The summed E-state index contributed by atoms with van der Waals surface area (Å²) in [4.78, 5) is 102. The largest absolute Gasteiger partial charge is 0.480 e. The van der Waals surface area contributed by atoms with Crippen molar-refractivity contribution >= 4 is 59.1 Å². The summed E-state index contributed by atoms with van der Waals surface area (Å²) in [6.07, 6.45) is 2.52. The first-order valence-corrected chi connectivity index (χ1v) is 20.4. The molecule has 6 atom stereocenters. The van der Waals surface area contributed by atoms with E-state index >= 15 is 0 Å². The average molecular weight is 823 g/mol. The lowest BCUT2D eigenvalue weighted by Gasteiger charge is -2.26. The summed E-state index contributed by atoms with van der Waals surface area (Å²) in [5, 5.41) is 36.7. The van der Waals surface area contributed by atoms with E-state index in [1.807, 2.05) is 33.8 Å². The molecule has 18 nitrogen and oxygen atoms in total. The van der Waals surface area contributed by atoms with Crippen LogP contribution in [0.3, 0.4) is 0 Å². The number of rotatable bonds is 26. The van der Waals surface area contributed by atoms with E-state index in [4.69, 9.17) is 5.73 Å². The number of aliphatic carboxylic acids is 1. The Morgan fingerprint density at radius 2 is 1.14 bits per heavy atom. The van der Waals surface area contributed by atoms with Gasteiger partial charge < -0.3 is 53.2 Å². The fraction of sp³-hybridized carbons (Fsp3) is 0.632. The van der Waals surface area contributed by atoms with Crippen LogP contribution in [0.25, 0.3) is 0 Å². The SMILES string of the molecule is CSCC[C@H](NC(=O)CNC(=O)[C@H](CC(C)C)NC(=O)[C@@H](NC(=O)CNC(=O)[C@H](CC(C)C)NC(=O)[C@H](CO)NC(=O)[C@@H](N)Cc1ccccc1)C(C)C)C(=O)O. The van der Waals surface area contributed by atoms with Gasteiger partial charge in [-0.1, -0.05) is 71.9 Å². The number of carbonyl (C=O) groups excluding carboxylic acids is 7. The number of nitrogens with one attached hydrogen (secondary N) is 7. The lowest BCUT2D eigenvalue weighted by atomic mass is 10.00. The van der Waals surface area contributed by atoms with Crippen molar-refractivity contribution in [1.82, 2.24) is 37.2 Å². The van der Waals surface area contributed by atoms with Gasteiger partial charge in [0.05, 0.1) is 25.7 Å². The molecule has 0 fully saturated rings. The van der Waals surface area contributed by atoms with E-state index in [0.29, 0.717) is 5.75 Å². The molecule has 0 radical (unpaired) electrons. The lowest BCUT2D eigenvalue weighted by Crippen LogP contribution is -2.58. The third kappa shape index (κ3) is 19.8. The number of nitrogens with two attached hydrogens (primary N) is 1. The summed E-state index contributed by atoms with van der Waals surface area (Å²) in [6.45, 7) is 8.73. The summed E-state index contributed by atoms with van der Waals surface area (Å²) in [6, 6.07) is 2.07. The van der Waals surface area contributed by atoms with Crippen LogP contribution >= 0.6 is 11.8 Å². The van der Waals surface area contributed by atoms with Gasteiger partial charge in [0.2, 0.25) is 41.4 Å². The zero-order chi connectivity index (χ0) is 43.2. The van der Waals surface area contributed by atoms with Crippen LogP contribution in [0.15, 0.2) is 30.3 Å². The van der Waals surface area contributed by atoms with Crippen molar-refractivity contribution in [2.24, 2.45) is 23.5 Å². The molecule has 0 aliphatic carbocycles. The number of carboxylic acids is 1. The first kappa shape index (κ1) is 50.3. The quantitative estimate of drug-likeness (QED) is 0.0527. The summed E-state index contributed by atoms with van der Waals surface area (Å²) in [7, 11) is 0. The second kappa shape index (κ2) is 26.2. The van der Waals surface area contributed by atoms with Crippen LogP contribution in [-0.4, -0.2) is 125 Å². The third-order valence-corrected chi connectivity index (χ3v) is 9.13. The molecule has 7 amide bonds. The summed E-state index contributed by atoms with van der Waals surface area (Å²) >= 11 is 1.42. The standard InChI is InChI=1S/C38H62N8O10S/c1-21(2)15-27(43-36(53)29(20-47)45-33(50)25(39)17-24-11-9-8-10-12-24)34(51)41-19-31(49)46-32(23(5)6)37(54)44-28(16-22(3)4)35(52)40-18-30(48)42-26(38(55)56)13-14-57-7/h8-12,21-23,25-29,32,47H,13-20,39H2,1-7H3,(H,40,52)(H,41,51)(H,42,48)(H,43,53)(H,44,54)(H,45,50)(H,46,49)(H,55,56)/t25-,26-,27-,28-,29-,32-/m0/s1. The summed E-state index contributed by atoms with van der Waals surface area (Å²) in [5.74, 6) is -6.39. The minimum atomic E-state index is -1.41. The normalized spacial score (nSPS) is 14.3. The number of benzene rings is 1. The van der Waals surface area contributed by atoms with Crippen molar-refractivity contribution in [1.29, 1.82) is 0 Å². The highest BCUT2D eigenvalue weighted by atomic mass is 32.2. The van der Waals surface area contributed by atoms with Crippen LogP contribution in [0.4, 0.5) is 0 Å². The molecule has 0 bridgehead atoms. The van der Waals surface area contributed by atoms with Gasteiger partial charge in [0.15, 0.2) is 0 Å². The highest BCUT2D eigenvalue weighted by Gasteiger charge is 2.32. The monoisotopic (exact) mass is 822 g/mol. The van der Waals surface area contributed by atoms with Gasteiger partial charge in [0.25, 0.3) is 0 Å². The van der Waals surface area contributed by atoms with Crippen LogP contribution in [0, 0.1) is 17.8 Å². The molecule has 1 aromatic carbocycles. The Kier molecular flexibility index (Phi) is 23.1. The van der Waals surface area contributed by atoms with E-state index in [2.05, 4.69) is 37.2 Å². The van der Waals surface area contributed by atoms with Gasteiger partial charge in [0, 0.05) is 0 Å². The molecule has 0 spiro atoms. The Balaban J connectivity index is 2.87. The van der Waals surface area contributed by atoms with Crippen molar-refractivity contribution in [3.63, 3.8) is 0 Å². The second-order valence-electron chi connectivity index (χ2n) is 14.9. The number of carbonyl (C=O) groups is 8. The van der Waals surface area contributed by atoms with Gasteiger partial charge in [-0.25, -0.2) is 4.79 Å². The number of aliphatic hydroxyl groups is 1. The Morgan fingerprint density at radius 1 is 0.649 bits per heavy atom. The van der Waals surface area contributed by atoms with E-state index in [0.717, 1.165) is 5.56 Å². The Morgan fingerprint density at radius 3 is 1.60 bits per heavy atom. The van der Waals surface area contributed by atoms with E-state index in [9.17, 15) is 48.6 Å². The predicted octanol–water partition coefficient (Wildman–Crippen LogP) is -1.21. The molecule has 0 saturated heterocycles. The van der Waals surface area contributed by atoms with Crippen LogP contribution in [0.5, 0.6) is 0 Å². The Labute approximate surface area is 338 Å². The number of aliphatic hydroxyl groups excluding tert-OH is 1. The second-order valence-corrected chi connectivity index (χ2v) is 15.9. The molecule has 1 aromatic rings. The molecule has 11 N–H and O–H groups in total. The minimum absolute atomic E-state index is 0.0689. The fourth-order valence-corrected chi connectivity index (χ4v) is 5.92. The van der Waals surface area contributed by atoms with Gasteiger partial charge in [-0.2, -0.15) is 11.8 Å². The maximum Gasteiger partial charge on any atom is 0.326 e. The lowest BCUT2D eigenvalue weighted by molar-refractivity contribution is -0.141. The number of hydrogen-bond acceptors (Lipinski definition) is 11.